The third-order valence-corrected chi connectivity index (χ3v) is 11.1. The van der Waals surface area contributed by atoms with Crippen molar-refractivity contribution in [1.29, 1.82) is 0 Å². The quantitative estimate of drug-likeness (QED) is 0.0354. The number of nitrogens with two attached hydrogens (primary N) is 3. The van der Waals surface area contributed by atoms with Gasteiger partial charge in [0.15, 0.2) is 0 Å². The van der Waals surface area contributed by atoms with E-state index >= 15 is 0 Å². The summed E-state index contributed by atoms with van der Waals surface area (Å²) in [6, 6.07) is -1.85. The molecule has 25 nitrogen and oxygen atoms in total. The largest absolute Gasteiger partial charge is 0.481 e. The molecular weight excluding hydrogens is 907 g/mol. The second-order valence-corrected chi connectivity index (χ2v) is 17.2. The molecular formula is C44H67N11O14. The molecule has 0 aromatic heterocycles. The Bertz CT molecular complexity index is 2020. The van der Waals surface area contributed by atoms with Crippen LogP contribution in [-0.2, 0) is 64.0 Å². The summed E-state index contributed by atoms with van der Waals surface area (Å²) >= 11 is 0. The Balaban J connectivity index is 2.37. The Labute approximate surface area is 398 Å². The highest BCUT2D eigenvalue weighted by atomic mass is 16.4. The van der Waals surface area contributed by atoms with Crippen LogP contribution in [0, 0.1) is 11.8 Å². The van der Waals surface area contributed by atoms with E-state index in [9.17, 15) is 67.7 Å². The zero-order valence-electron chi connectivity index (χ0n) is 39.2. The molecule has 0 spiro atoms. The highest BCUT2D eigenvalue weighted by Crippen LogP contribution is 2.21. The number of carboxylic acids is 2. The van der Waals surface area contributed by atoms with Gasteiger partial charge in [-0.25, -0.2) is 4.79 Å². The molecule has 15 N–H and O–H groups in total. The minimum Gasteiger partial charge on any atom is -0.481 e. The summed E-state index contributed by atoms with van der Waals surface area (Å²) in [7, 11) is 0. The number of nitrogens with zero attached hydrogens (tertiary/aromatic N) is 1. The summed E-state index contributed by atoms with van der Waals surface area (Å²) in [6.45, 7) is 5.98. The number of carbonyl (C=O) groups is 12. The van der Waals surface area contributed by atoms with Crippen LogP contribution >= 0.6 is 0 Å². The molecule has 1 aliphatic heterocycles. The van der Waals surface area contributed by atoms with Gasteiger partial charge in [0, 0.05) is 25.8 Å². The third-order valence-electron chi connectivity index (χ3n) is 11.1. The van der Waals surface area contributed by atoms with Crippen LogP contribution in [0.5, 0.6) is 0 Å². The number of hydrogen-bond acceptors (Lipinski definition) is 13. The molecule has 8 atom stereocenters. The molecule has 1 fully saturated rings. The van der Waals surface area contributed by atoms with E-state index in [1.807, 2.05) is 0 Å². The summed E-state index contributed by atoms with van der Waals surface area (Å²) in [5, 5.41) is 36.3. The molecule has 0 unspecified atom stereocenters. The van der Waals surface area contributed by atoms with Crippen LogP contribution in [-0.4, -0.2) is 148 Å². The number of rotatable bonds is 30. The van der Waals surface area contributed by atoms with Crippen LogP contribution in [0.3, 0.4) is 0 Å². The number of amides is 10. The van der Waals surface area contributed by atoms with Crippen LogP contribution in [0.25, 0.3) is 0 Å². The van der Waals surface area contributed by atoms with Crippen molar-refractivity contribution < 1.29 is 67.7 Å². The lowest BCUT2D eigenvalue weighted by molar-refractivity contribution is -0.144. The number of benzene rings is 1. The van der Waals surface area contributed by atoms with Gasteiger partial charge in [0.1, 0.15) is 42.3 Å². The maximum absolute atomic E-state index is 14.2. The van der Waals surface area contributed by atoms with Crippen molar-refractivity contribution in [3.05, 3.63) is 35.9 Å². The summed E-state index contributed by atoms with van der Waals surface area (Å²) in [5.41, 5.74) is 16.4. The number of aliphatic carboxylic acids is 2. The molecule has 10 amide bonds. The Morgan fingerprint density at radius 3 is 1.84 bits per heavy atom. The first-order valence-electron chi connectivity index (χ1n) is 22.6. The average Bonchev–Trinajstić information content (AvgIpc) is 3.79. The standard InChI is InChI=1S/C44H67N11O14/c1-5-24(4)37(42(66)53-30(20-33(47)57)40(64)52-29(19-25-10-7-6-8-11-25)39(63)51-27(44(68)69)13-15-32(46)56)54-41(65)31-12-9-17-55(31)43(67)26(14-16-36(60)61)50-38(62)28(18-23(2)3)49-35(59)22-48-34(58)21-45/h6-8,10-11,23-24,26-31,37H,5,9,12-22,45H2,1-4H3,(H2,46,56)(H2,47,57)(H,48,58)(H,49,59)(H,50,62)(H,51,63)(H,52,64)(H,53,66)(H,54,65)(H,60,61)(H,68,69)/t24-,26-,27-,28-,29-,30-,31-,37-/m0/s1. The van der Waals surface area contributed by atoms with E-state index in [0.29, 0.717) is 12.0 Å². The van der Waals surface area contributed by atoms with Crippen LogP contribution in [0.1, 0.15) is 91.0 Å². The molecule has 1 aromatic rings. The van der Waals surface area contributed by atoms with Gasteiger partial charge >= 0.3 is 11.9 Å². The summed E-state index contributed by atoms with van der Waals surface area (Å²) in [4.78, 5) is 156. The molecule has 0 bridgehead atoms. The number of likely N-dealkylation sites (tertiary alicyclic amines) is 1. The van der Waals surface area contributed by atoms with Crippen LogP contribution < -0.4 is 54.4 Å². The zero-order chi connectivity index (χ0) is 52.0. The number of carboxylic acid groups (broad SMARTS) is 2. The monoisotopic (exact) mass is 973 g/mol. The van der Waals surface area contributed by atoms with Gasteiger partial charge in [0.2, 0.25) is 59.1 Å². The highest BCUT2D eigenvalue weighted by molar-refractivity contribution is 5.99. The molecule has 25 heteroatoms. The smallest absolute Gasteiger partial charge is 0.326 e. The van der Waals surface area contributed by atoms with E-state index in [-0.39, 0.29) is 57.5 Å². The van der Waals surface area contributed by atoms with Crippen molar-refractivity contribution in [2.45, 2.75) is 134 Å². The molecule has 0 radical (unpaired) electrons. The van der Waals surface area contributed by atoms with Gasteiger partial charge in [-0.15, -0.1) is 0 Å². The average molecular weight is 974 g/mol. The summed E-state index contributed by atoms with van der Waals surface area (Å²) in [5.74, 6) is -12.2. The summed E-state index contributed by atoms with van der Waals surface area (Å²) in [6.07, 6.45) is -1.91. The SMILES string of the molecule is CC[C@H](C)[C@H](NC(=O)[C@@H]1CCCN1C(=O)[C@H](CCC(=O)O)NC(=O)[C@H](CC(C)C)NC(=O)CNC(=O)CN)C(=O)N[C@@H](CC(N)=O)C(=O)N[C@@H](Cc1ccccc1)C(=O)N[C@@H](CCC(N)=O)C(=O)O. The second-order valence-electron chi connectivity index (χ2n) is 17.2. The van der Waals surface area contributed by atoms with E-state index in [2.05, 4.69) is 37.2 Å². The zero-order valence-corrected chi connectivity index (χ0v) is 39.2. The van der Waals surface area contributed by atoms with E-state index in [4.69, 9.17) is 17.2 Å². The molecule has 69 heavy (non-hydrogen) atoms. The van der Waals surface area contributed by atoms with Crippen molar-refractivity contribution in [2.24, 2.45) is 29.0 Å². The van der Waals surface area contributed by atoms with Gasteiger partial charge < -0.3 is 69.5 Å². The predicted octanol–water partition coefficient (Wildman–Crippen LogP) is -3.61. The minimum absolute atomic E-state index is 0.000489. The fraction of sp³-hybridized carbons (Fsp3) is 0.591. The van der Waals surface area contributed by atoms with Crippen LogP contribution in [0.2, 0.25) is 0 Å². The van der Waals surface area contributed by atoms with Gasteiger partial charge in [-0.1, -0.05) is 64.4 Å². The predicted molar refractivity (Wildman–Crippen MR) is 244 cm³/mol. The number of primary amides is 2. The fourth-order valence-electron chi connectivity index (χ4n) is 7.27. The Hall–Kier alpha value is -7.18. The molecule has 1 saturated heterocycles. The molecule has 382 valence electrons. The molecule has 1 heterocycles. The lowest BCUT2D eigenvalue weighted by Gasteiger charge is -2.32. The lowest BCUT2D eigenvalue weighted by Crippen LogP contribution is -2.61. The summed E-state index contributed by atoms with van der Waals surface area (Å²) < 4.78 is 0. The molecule has 1 aliphatic rings. The first kappa shape index (κ1) is 57.9. The van der Waals surface area contributed by atoms with E-state index in [1.54, 1.807) is 58.0 Å². The molecule has 2 rings (SSSR count). The topological polar surface area (TPSA) is 411 Å². The lowest BCUT2D eigenvalue weighted by atomic mass is 9.97. The number of carbonyl (C=O) groups excluding carboxylic acids is 10. The highest BCUT2D eigenvalue weighted by Gasteiger charge is 2.41. The Morgan fingerprint density at radius 2 is 1.28 bits per heavy atom. The maximum atomic E-state index is 14.2. The van der Waals surface area contributed by atoms with Gasteiger partial charge in [-0.2, -0.15) is 0 Å². The fourth-order valence-corrected chi connectivity index (χ4v) is 7.27. The van der Waals surface area contributed by atoms with Gasteiger partial charge in [0.25, 0.3) is 0 Å². The maximum Gasteiger partial charge on any atom is 0.326 e. The van der Waals surface area contributed by atoms with Gasteiger partial charge in [-0.3, -0.25) is 52.7 Å². The van der Waals surface area contributed by atoms with E-state index in [0.717, 1.165) is 4.90 Å². The van der Waals surface area contributed by atoms with Crippen molar-refractivity contribution >= 4 is 71.0 Å². The van der Waals surface area contributed by atoms with Gasteiger partial charge in [-0.05, 0) is 49.5 Å². The first-order chi connectivity index (χ1) is 32.5. The first-order valence-corrected chi connectivity index (χ1v) is 22.6. The van der Waals surface area contributed by atoms with Crippen LogP contribution in [0.15, 0.2) is 30.3 Å². The van der Waals surface area contributed by atoms with Crippen molar-refractivity contribution in [1.82, 2.24) is 42.1 Å². The van der Waals surface area contributed by atoms with Crippen molar-refractivity contribution in [2.75, 3.05) is 19.6 Å². The van der Waals surface area contributed by atoms with Gasteiger partial charge in [0.05, 0.1) is 19.5 Å². The van der Waals surface area contributed by atoms with Crippen molar-refractivity contribution in [3.63, 3.8) is 0 Å². The Kier molecular flexibility index (Phi) is 24.2. The molecule has 0 saturated carbocycles. The Morgan fingerprint density at radius 1 is 0.696 bits per heavy atom. The normalized spacial score (nSPS) is 16.2. The number of nitrogens with one attached hydrogen (secondary N) is 7. The van der Waals surface area contributed by atoms with Crippen LogP contribution in [0.4, 0.5) is 0 Å². The number of hydrogen-bond donors (Lipinski definition) is 12. The molecule has 1 aromatic carbocycles. The van der Waals surface area contributed by atoms with E-state index in [1.165, 1.54) is 0 Å². The van der Waals surface area contributed by atoms with Crippen molar-refractivity contribution in [3.8, 4) is 0 Å². The molecule has 0 aliphatic carbocycles. The second kappa shape index (κ2) is 28.9. The minimum atomic E-state index is -1.73. The van der Waals surface area contributed by atoms with E-state index < -0.39 is 145 Å². The third kappa shape index (κ3) is 20.3.